The molecule has 0 spiro atoms. The van der Waals surface area contributed by atoms with E-state index in [0.29, 0.717) is 0 Å². The van der Waals surface area contributed by atoms with Crippen LogP contribution >= 0.6 is 34.8 Å². The number of alkyl halides is 1. The van der Waals surface area contributed by atoms with Crippen molar-refractivity contribution in [2.24, 2.45) is 0 Å². The molecular weight excluding hydrogens is 529 g/mol. The first-order chi connectivity index (χ1) is 16.7. The Kier molecular flexibility index (Phi) is 11.9. The van der Waals surface area contributed by atoms with E-state index < -0.39 is 15.5 Å². The number of aromatic nitrogens is 2. The molecule has 12 nitrogen and oxygen atoms in total. The maximum Gasteiger partial charge on any atom is 0.372 e. The molecule has 184 valence electrons. The van der Waals surface area contributed by atoms with Crippen molar-refractivity contribution in [3.8, 4) is 29.3 Å². The average Bonchev–Trinajstić information content (AvgIpc) is 2.84. The zero-order valence-corrected chi connectivity index (χ0v) is 20.5. The van der Waals surface area contributed by atoms with Crippen LogP contribution in [-0.2, 0) is 0 Å². The van der Waals surface area contributed by atoms with Gasteiger partial charge in [-0.1, -0.05) is 23.2 Å². The Morgan fingerprint density at radius 1 is 0.914 bits per heavy atom. The third kappa shape index (κ3) is 8.11. The average molecular weight is 545 g/mol. The molecule has 0 unspecified atom stereocenters. The monoisotopic (exact) mass is 543 g/mol. The number of nitriles is 1. The Bertz CT molecular complexity index is 1240. The van der Waals surface area contributed by atoms with Gasteiger partial charge in [0.25, 0.3) is 11.8 Å². The van der Waals surface area contributed by atoms with Crippen LogP contribution < -0.4 is 14.2 Å². The lowest BCUT2D eigenvalue weighted by Gasteiger charge is -2.08. The summed E-state index contributed by atoms with van der Waals surface area (Å²) in [5.74, 6) is -0.0963. The van der Waals surface area contributed by atoms with Gasteiger partial charge in [-0.25, -0.2) is 9.97 Å². The predicted molar refractivity (Wildman–Crippen MR) is 128 cm³/mol. The molecule has 0 amide bonds. The minimum atomic E-state index is -0.656. The van der Waals surface area contributed by atoms with Crippen molar-refractivity contribution in [1.82, 2.24) is 9.97 Å². The van der Waals surface area contributed by atoms with Crippen LogP contribution in [0.25, 0.3) is 0 Å². The molecule has 1 aromatic carbocycles. The molecule has 0 saturated heterocycles. The van der Waals surface area contributed by atoms with Crippen LogP contribution in [0.4, 0.5) is 11.4 Å². The second-order valence-corrected chi connectivity index (χ2v) is 6.56. The Hall–Kier alpha value is -3.92. The van der Waals surface area contributed by atoms with Crippen LogP contribution in [0.1, 0.15) is 5.56 Å². The smallest absolute Gasteiger partial charge is 0.372 e. The SMILES string of the molecule is CCl.COc1nccc(Cl)c1[N+](=O)[O-].COc1nccc(Oc2cc(Cl)cc(C#N)c2)c1[N+](=O)[O-]. The summed E-state index contributed by atoms with van der Waals surface area (Å²) in [5.41, 5.74) is -0.429. The summed E-state index contributed by atoms with van der Waals surface area (Å²) in [6.07, 6.45) is 4.13. The molecule has 0 aliphatic rings. The van der Waals surface area contributed by atoms with E-state index in [1.54, 1.807) is 0 Å². The lowest BCUT2D eigenvalue weighted by atomic mass is 10.2. The molecule has 0 bridgehead atoms. The molecule has 3 rings (SSSR count). The summed E-state index contributed by atoms with van der Waals surface area (Å²) in [6, 6.07) is 8.90. The zero-order valence-electron chi connectivity index (χ0n) is 18.3. The summed E-state index contributed by atoms with van der Waals surface area (Å²) in [5, 5.41) is 30.7. The summed E-state index contributed by atoms with van der Waals surface area (Å²) in [6.45, 7) is 0. The van der Waals surface area contributed by atoms with E-state index in [1.165, 1.54) is 63.3 Å². The first-order valence-electron chi connectivity index (χ1n) is 8.98. The van der Waals surface area contributed by atoms with Crippen molar-refractivity contribution in [1.29, 1.82) is 5.26 Å². The fraction of sp³-hybridized carbons (Fsp3) is 0.150. The molecule has 35 heavy (non-hydrogen) atoms. The fourth-order valence-electron chi connectivity index (χ4n) is 2.36. The van der Waals surface area contributed by atoms with Gasteiger partial charge in [-0.2, -0.15) is 5.26 Å². The van der Waals surface area contributed by atoms with E-state index in [-0.39, 0.29) is 44.6 Å². The van der Waals surface area contributed by atoms with E-state index in [1.807, 2.05) is 6.07 Å². The number of hydrogen-bond acceptors (Lipinski definition) is 10. The number of halogens is 3. The number of nitrogens with zero attached hydrogens (tertiary/aromatic N) is 5. The minimum Gasteiger partial charge on any atom is -0.476 e. The molecule has 0 saturated carbocycles. The third-order valence-electron chi connectivity index (χ3n) is 3.68. The maximum atomic E-state index is 11.1. The van der Waals surface area contributed by atoms with Crippen molar-refractivity contribution in [2.45, 2.75) is 0 Å². The number of ether oxygens (including phenoxy) is 3. The molecule has 0 atom stereocenters. The van der Waals surface area contributed by atoms with Gasteiger partial charge < -0.3 is 14.2 Å². The maximum absolute atomic E-state index is 11.1. The first-order valence-corrected chi connectivity index (χ1v) is 10.5. The van der Waals surface area contributed by atoms with Crippen LogP contribution in [0.15, 0.2) is 42.7 Å². The van der Waals surface area contributed by atoms with Gasteiger partial charge >= 0.3 is 11.4 Å². The molecule has 0 N–H and O–H groups in total. The Morgan fingerprint density at radius 2 is 1.46 bits per heavy atom. The Morgan fingerprint density at radius 3 is 1.94 bits per heavy atom. The number of benzene rings is 1. The Balaban J connectivity index is 0.000000372. The molecule has 2 aromatic heterocycles. The lowest BCUT2D eigenvalue weighted by Crippen LogP contribution is -1.99. The predicted octanol–water partition coefficient (Wildman–Crippen LogP) is 5.82. The zero-order chi connectivity index (χ0) is 26.5. The van der Waals surface area contributed by atoms with Crippen molar-refractivity contribution in [3.05, 3.63) is 78.6 Å². The highest BCUT2D eigenvalue weighted by molar-refractivity contribution is 6.32. The summed E-state index contributed by atoms with van der Waals surface area (Å²) in [7, 11) is 2.57. The second kappa shape index (κ2) is 14.4. The summed E-state index contributed by atoms with van der Waals surface area (Å²) < 4.78 is 14.9. The van der Waals surface area contributed by atoms with E-state index in [2.05, 4.69) is 26.3 Å². The molecular formula is C20H16Cl3N5O7. The van der Waals surface area contributed by atoms with Crippen molar-refractivity contribution >= 4 is 46.2 Å². The summed E-state index contributed by atoms with van der Waals surface area (Å²) in [4.78, 5) is 27.6. The topological polar surface area (TPSA) is 164 Å². The number of nitro groups is 2. The largest absolute Gasteiger partial charge is 0.476 e. The molecule has 15 heteroatoms. The normalized spacial score (nSPS) is 9.29. The van der Waals surface area contributed by atoms with Crippen LogP contribution in [-0.4, -0.2) is 40.4 Å². The van der Waals surface area contributed by atoms with Gasteiger partial charge in [0.15, 0.2) is 0 Å². The lowest BCUT2D eigenvalue weighted by molar-refractivity contribution is -0.386. The van der Waals surface area contributed by atoms with Gasteiger partial charge in [0.05, 0.1) is 35.7 Å². The fourth-order valence-corrected chi connectivity index (χ4v) is 2.79. The van der Waals surface area contributed by atoms with E-state index in [9.17, 15) is 20.2 Å². The Labute approximate surface area is 213 Å². The van der Waals surface area contributed by atoms with Gasteiger partial charge in [-0.15, -0.1) is 11.6 Å². The van der Waals surface area contributed by atoms with Crippen LogP contribution in [0, 0.1) is 31.6 Å². The van der Waals surface area contributed by atoms with Crippen LogP contribution in [0.2, 0.25) is 10.0 Å². The van der Waals surface area contributed by atoms with Gasteiger partial charge in [0.2, 0.25) is 5.75 Å². The van der Waals surface area contributed by atoms with E-state index in [0.717, 1.165) is 0 Å². The first kappa shape index (κ1) is 29.1. The second-order valence-electron chi connectivity index (χ2n) is 5.72. The van der Waals surface area contributed by atoms with Crippen molar-refractivity contribution in [3.63, 3.8) is 0 Å². The van der Waals surface area contributed by atoms with Gasteiger partial charge in [0.1, 0.15) is 10.8 Å². The highest BCUT2D eigenvalue weighted by Gasteiger charge is 2.24. The minimum absolute atomic E-state index is 0.0202. The molecule has 0 aliphatic heterocycles. The van der Waals surface area contributed by atoms with Crippen LogP contribution in [0.5, 0.6) is 23.3 Å². The molecule has 3 aromatic rings. The van der Waals surface area contributed by atoms with E-state index >= 15 is 0 Å². The van der Waals surface area contributed by atoms with Crippen LogP contribution in [0.3, 0.4) is 0 Å². The van der Waals surface area contributed by atoms with Gasteiger partial charge in [-0.3, -0.25) is 20.2 Å². The molecule has 2 heterocycles. The number of rotatable bonds is 6. The van der Waals surface area contributed by atoms with Crippen molar-refractivity contribution < 1.29 is 24.1 Å². The highest BCUT2D eigenvalue weighted by atomic mass is 35.5. The standard InChI is InChI=1S/C13H8ClN3O4.C6H5ClN2O3.CH3Cl/c1-20-13-12(17(18)19)11(2-3-16-13)21-10-5-8(7-15)4-9(14)6-10;1-12-6-5(9(10)11)4(7)2-3-8-6;1-2/h2-6H,1H3;2-3H,1H3;1H3. The molecule has 0 aliphatic carbocycles. The quantitative estimate of drug-likeness (QED) is 0.210. The van der Waals surface area contributed by atoms with Crippen molar-refractivity contribution in [2.75, 3.05) is 20.6 Å². The molecule has 0 fully saturated rings. The van der Waals surface area contributed by atoms with Gasteiger partial charge in [0, 0.05) is 29.9 Å². The van der Waals surface area contributed by atoms with Gasteiger partial charge in [-0.05, 0) is 24.3 Å². The third-order valence-corrected chi connectivity index (χ3v) is 4.20. The number of pyridine rings is 2. The summed E-state index contributed by atoms with van der Waals surface area (Å²) >= 11 is 16.0. The number of hydrogen-bond donors (Lipinski definition) is 0. The van der Waals surface area contributed by atoms with E-state index in [4.69, 9.17) is 37.9 Å². The highest BCUT2D eigenvalue weighted by Crippen LogP contribution is 2.37. The molecule has 0 radical (unpaired) electrons. The number of methoxy groups -OCH3 is 2.